The van der Waals surface area contributed by atoms with Gasteiger partial charge in [0.05, 0.1) is 22.8 Å². The number of nitrogens with zero attached hydrogens (tertiary/aromatic N) is 2. The molecule has 2 rings (SSSR count). The van der Waals surface area contributed by atoms with Crippen LogP contribution in [0.2, 0.25) is 0 Å². The normalized spacial score (nSPS) is 16.6. The molecular formula is C15H19F2N3O4. The highest BCUT2D eigenvalue weighted by Crippen LogP contribution is 2.37. The van der Waals surface area contributed by atoms with E-state index in [0.29, 0.717) is 5.69 Å². The molecule has 0 aliphatic carbocycles. The van der Waals surface area contributed by atoms with Crippen LogP contribution in [0.15, 0.2) is 12.1 Å². The average molecular weight is 343 g/mol. The molecule has 1 fully saturated rings. The zero-order valence-corrected chi connectivity index (χ0v) is 13.5. The Morgan fingerprint density at radius 3 is 2.54 bits per heavy atom. The minimum Gasteiger partial charge on any atom is -0.462 e. The lowest BCUT2D eigenvalue weighted by Crippen LogP contribution is -2.40. The Bertz CT molecular complexity index is 642. The summed E-state index contributed by atoms with van der Waals surface area (Å²) in [4.78, 5) is 24.4. The molecule has 24 heavy (non-hydrogen) atoms. The van der Waals surface area contributed by atoms with Crippen LogP contribution in [0, 0.1) is 10.1 Å². The van der Waals surface area contributed by atoms with Crippen LogP contribution in [-0.2, 0) is 4.74 Å². The van der Waals surface area contributed by atoms with Crippen molar-refractivity contribution in [3.05, 3.63) is 27.8 Å². The molecule has 0 unspecified atom stereocenters. The minimum absolute atomic E-state index is 0.00719. The average Bonchev–Trinajstić information content (AvgIpc) is 2.53. The Labute approximate surface area is 137 Å². The monoisotopic (exact) mass is 343 g/mol. The number of hydrogen-bond acceptors (Lipinski definition) is 6. The number of piperidine rings is 1. The number of halogens is 2. The van der Waals surface area contributed by atoms with Crippen LogP contribution in [0.5, 0.6) is 0 Å². The van der Waals surface area contributed by atoms with Crippen molar-refractivity contribution >= 4 is 23.0 Å². The lowest BCUT2D eigenvalue weighted by atomic mass is 10.0. The van der Waals surface area contributed by atoms with Gasteiger partial charge < -0.3 is 15.0 Å². The Kier molecular flexibility index (Phi) is 5.20. The number of carbonyl (C=O) groups is 1. The van der Waals surface area contributed by atoms with Crippen LogP contribution in [0.4, 0.5) is 25.8 Å². The van der Waals surface area contributed by atoms with E-state index < -0.39 is 16.8 Å². The standard InChI is InChI=1S/C15H19F2N3O4/c1-3-24-14(21)10-8-13(20(22)23)11(18-2)9-12(10)19-6-4-15(16,17)5-7-19/h8-9,18H,3-7H2,1-2H3. The van der Waals surface area contributed by atoms with Crippen LogP contribution < -0.4 is 10.2 Å². The third kappa shape index (κ3) is 3.72. The second-order valence-corrected chi connectivity index (χ2v) is 5.46. The fraction of sp³-hybridized carbons (Fsp3) is 0.533. The van der Waals surface area contributed by atoms with Gasteiger partial charge in [-0.3, -0.25) is 10.1 Å². The first-order valence-corrected chi connectivity index (χ1v) is 7.59. The van der Waals surface area contributed by atoms with Crippen molar-refractivity contribution in [2.75, 3.05) is 37.0 Å². The Hall–Kier alpha value is -2.45. The van der Waals surface area contributed by atoms with Crippen LogP contribution >= 0.6 is 0 Å². The predicted octanol–water partition coefficient (Wildman–Crippen LogP) is 3.05. The molecule has 0 amide bonds. The van der Waals surface area contributed by atoms with E-state index in [2.05, 4.69) is 5.32 Å². The summed E-state index contributed by atoms with van der Waals surface area (Å²) in [7, 11) is 1.51. The van der Waals surface area contributed by atoms with Crippen molar-refractivity contribution in [1.29, 1.82) is 0 Å². The lowest BCUT2D eigenvalue weighted by molar-refractivity contribution is -0.384. The summed E-state index contributed by atoms with van der Waals surface area (Å²) in [6.45, 7) is 1.84. The second-order valence-electron chi connectivity index (χ2n) is 5.46. The SMILES string of the molecule is CCOC(=O)c1cc([N+](=O)[O-])c(NC)cc1N1CCC(F)(F)CC1. The van der Waals surface area contributed by atoms with Gasteiger partial charge in [0.25, 0.3) is 11.6 Å². The van der Waals surface area contributed by atoms with Gasteiger partial charge in [-0.05, 0) is 13.0 Å². The van der Waals surface area contributed by atoms with Gasteiger partial charge >= 0.3 is 5.97 Å². The Morgan fingerprint density at radius 2 is 2.04 bits per heavy atom. The van der Waals surface area contributed by atoms with E-state index in [4.69, 9.17) is 4.74 Å². The van der Waals surface area contributed by atoms with Crippen molar-refractivity contribution < 1.29 is 23.2 Å². The zero-order chi connectivity index (χ0) is 17.9. The maximum Gasteiger partial charge on any atom is 0.340 e. The number of benzene rings is 1. The molecule has 1 heterocycles. The molecule has 0 atom stereocenters. The number of nitro benzene ring substituents is 1. The van der Waals surface area contributed by atoms with E-state index in [1.807, 2.05) is 0 Å². The summed E-state index contributed by atoms with van der Waals surface area (Å²) in [5.41, 5.74) is 0.304. The summed E-state index contributed by atoms with van der Waals surface area (Å²) >= 11 is 0. The smallest absolute Gasteiger partial charge is 0.340 e. The third-order valence-electron chi connectivity index (χ3n) is 3.91. The minimum atomic E-state index is -2.73. The number of esters is 1. The van der Waals surface area contributed by atoms with Gasteiger partial charge in [0, 0.05) is 39.0 Å². The van der Waals surface area contributed by atoms with Crippen molar-refractivity contribution in [3.63, 3.8) is 0 Å². The highest BCUT2D eigenvalue weighted by atomic mass is 19.3. The molecule has 9 heteroatoms. The van der Waals surface area contributed by atoms with Gasteiger partial charge in [-0.25, -0.2) is 13.6 Å². The van der Waals surface area contributed by atoms with Crippen LogP contribution in [0.3, 0.4) is 0 Å². The van der Waals surface area contributed by atoms with Crippen molar-refractivity contribution in [1.82, 2.24) is 0 Å². The zero-order valence-electron chi connectivity index (χ0n) is 13.5. The van der Waals surface area contributed by atoms with Gasteiger partial charge in [0.15, 0.2) is 0 Å². The predicted molar refractivity (Wildman–Crippen MR) is 85.0 cm³/mol. The highest BCUT2D eigenvalue weighted by molar-refractivity contribution is 5.98. The number of nitrogens with one attached hydrogen (secondary N) is 1. The number of ether oxygens (including phenoxy) is 1. The van der Waals surface area contributed by atoms with Gasteiger partial charge in [0.2, 0.25) is 0 Å². The third-order valence-corrected chi connectivity index (χ3v) is 3.91. The first kappa shape index (κ1) is 17.9. The molecule has 1 aliphatic rings. The van der Waals surface area contributed by atoms with Gasteiger partial charge in [-0.15, -0.1) is 0 Å². The molecule has 1 aromatic carbocycles. The summed E-state index contributed by atoms with van der Waals surface area (Å²) in [6.07, 6.45) is -0.664. The van der Waals surface area contributed by atoms with Gasteiger partial charge in [-0.2, -0.15) is 0 Å². The number of hydrogen-bond donors (Lipinski definition) is 1. The number of carbonyl (C=O) groups excluding carboxylic acids is 1. The summed E-state index contributed by atoms with van der Waals surface area (Å²) in [5.74, 6) is -3.44. The fourth-order valence-corrected chi connectivity index (χ4v) is 2.64. The van der Waals surface area contributed by atoms with Crippen molar-refractivity contribution in [2.45, 2.75) is 25.7 Å². The summed E-state index contributed by atoms with van der Waals surface area (Å²) in [5, 5.41) is 13.9. The summed E-state index contributed by atoms with van der Waals surface area (Å²) < 4.78 is 31.7. The largest absolute Gasteiger partial charge is 0.462 e. The van der Waals surface area contributed by atoms with E-state index in [-0.39, 0.29) is 49.5 Å². The van der Waals surface area contributed by atoms with E-state index >= 15 is 0 Å². The maximum atomic E-state index is 13.4. The van der Waals surface area contributed by atoms with Crippen LogP contribution in [0.1, 0.15) is 30.1 Å². The van der Waals surface area contributed by atoms with Crippen LogP contribution in [-0.4, -0.2) is 43.6 Å². The topological polar surface area (TPSA) is 84.7 Å². The van der Waals surface area contributed by atoms with Gasteiger partial charge in [0.1, 0.15) is 5.69 Å². The van der Waals surface area contributed by atoms with Crippen LogP contribution in [0.25, 0.3) is 0 Å². The molecule has 132 valence electrons. The van der Waals surface area contributed by atoms with E-state index in [9.17, 15) is 23.7 Å². The molecule has 1 saturated heterocycles. The Morgan fingerprint density at radius 1 is 1.42 bits per heavy atom. The molecule has 1 N–H and O–H groups in total. The molecule has 0 bridgehead atoms. The first-order chi connectivity index (χ1) is 11.3. The molecule has 0 saturated carbocycles. The molecule has 7 nitrogen and oxygen atoms in total. The second kappa shape index (κ2) is 6.98. The lowest BCUT2D eigenvalue weighted by Gasteiger charge is -2.34. The Balaban J connectivity index is 2.47. The molecular weight excluding hydrogens is 324 g/mol. The molecule has 0 aromatic heterocycles. The van der Waals surface area contributed by atoms with Gasteiger partial charge in [-0.1, -0.05) is 0 Å². The van der Waals surface area contributed by atoms with E-state index in [0.717, 1.165) is 6.07 Å². The molecule has 0 spiro atoms. The number of alkyl halides is 2. The summed E-state index contributed by atoms with van der Waals surface area (Å²) in [6, 6.07) is 2.57. The van der Waals surface area contributed by atoms with E-state index in [1.165, 1.54) is 13.1 Å². The molecule has 1 aromatic rings. The number of rotatable bonds is 5. The molecule has 0 radical (unpaired) electrons. The maximum absolute atomic E-state index is 13.4. The fourth-order valence-electron chi connectivity index (χ4n) is 2.64. The van der Waals surface area contributed by atoms with Crippen molar-refractivity contribution in [2.24, 2.45) is 0 Å². The first-order valence-electron chi connectivity index (χ1n) is 7.59. The van der Waals surface area contributed by atoms with Crippen molar-refractivity contribution in [3.8, 4) is 0 Å². The molecule has 1 aliphatic heterocycles. The quantitative estimate of drug-likeness (QED) is 0.502. The number of anilines is 2. The van der Waals surface area contributed by atoms with E-state index in [1.54, 1.807) is 11.8 Å². The highest BCUT2D eigenvalue weighted by Gasteiger charge is 2.36. The number of nitro groups is 1.